The number of ketones is 1. The first-order valence-electron chi connectivity index (χ1n) is 9.48. The maximum atomic E-state index is 11.7. The number of anilines is 1. The van der Waals surface area contributed by atoms with Crippen LogP contribution in [0.2, 0.25) is 5.02 Å². The molecule has 3 rings (SSSR count). The number of rotatable bonds is 6. The Hall–Kier alpha value is -2.04. The van der Waals surface area contributed by atoms with Gasteiger partial charge in [-0.05, 0) is 56.7 Å². The molecule has 1 aliphatic rings. The van der Waals surface area contributed by atoms with E-state index in [1.165, 1.54) is 11.3 Å². The van der Waals surface area contributed by atoms with Crippen LogP contribution in [-0.2, 0) is 6.54 Å². The summed E-state index contributed by atoms with van der Waals surface area (Å²) in [4.78, 5) is 16.6. The second-order valence-electron chi connectivity index (χ2n) is 7.01. The molecule has 2 aromatic carbocycles. The maximum Gasteiger partial charge on any atom is 0.159 e. The molecule has 2 aromatic rings. The predicted octanol–water partition coefficient (Wildman–Crippen LogP) is 4.57. The Morgan fingerprint density at radius 3 is 2.52 bits per heavy atom. The first kappa shape index (κ1) is 19.7. The first-order valence-corrected chi connectivity index (χ1v) is 9.86. The fourth-order valence-electron chi connectivity index (χ4n) is 3.53. The molecular formula is C22H27ClN2O2. The maximum absolute atomic E-state index is 11.7. The van der Waals surface area contributed by atoms with E-state index in [-0.39, 0.29) is 5.78 Å². The van der Waals surface area contributed by atoms with Crippen molar-refractivity contribution in [2.24, 2.45) is 0 Å². The lowest BCUT2D eigenvalue weighted by Crippen LogP contribution is -2.46. The summed E-state index contributed by atoms with van der Waals surface area (Å²) in [5.74, 6) is 0.955. The molecule has 4 nitrogen and oxygen atoms in total. The molecule has 0 spiro atoms. The van der Waals surface area contributed by atoms with Crippen molar-refractivity contribution in [2.45, 2.75) is 27.3 Å². The van der Waals surface area contributed by atoms with Gasteiger partial charge in [0.05, 0.1) is 6.61 Å². The van der Waals surface area contributed by atoms with E-state index in [1.54, 1.807) is 6.92 Å². The third-order valence-electron chi connectivity index (χ3n) is 5.04. The average molecular weight is 387 g/mol. The second-order valence-corrected chi connectivity index (χ2v) is 7.44. The zero-order valence-corrected chi connectivity index (χ0v) is 17.1. The molecule has 0 amide bonds. The Balaban J connectivity index is 1.69. The van der Waals surface area contributed by atoms with Crippen molar-refractivity contribution in [3.63, 3.8) is 0 Å². The largest absolute Gasteiger partial charge is 0.494 e. The van der Waals surface area contributed by atoms with Gasteiger partial charge in [0, 0.05) is 54.6 Å². The van der Waals surface area contributed by atoms with Crippen molar-refractivity contribution >= 4 is 23.1 Å². The standard InChI is InChI=1S/C22H27ClN2O2/c1-4-27-22-8-6-18(17(3)26)13-19(22)15-24-9-11-25(12-10-24)21-14-20(23)7-5-16(21)2/h5-8,13-14H,4,9-12,15H2,1-3H3. The van der Waals surface area contributed by atoms with Crippen LogP contribution in [0.15, 0.2) is 36.4 Å². The minimum atomic E-state index is 0.0838. The number of piperazine rings is 1. The number of Topliss-reactive ketones (excluding diaryl/α,β-unsaturated/α-hetero) is 1. The highest BCUT2D eigenvalue weighted by Gasteiger charge is 2.20. The van der Waals surface area contributed by atoms with Crippen LogP contribution in [0, 0.1) is 6.92 Å². The van der Waals surface area contributed by atoms with Gasteiger partial charge in [-0.1, -0.05) is 17.7 Å². The molecule has 0 bridgehead atoms. The fraction of sp³-hybridized carbons (Fsp3) is 0.409. The zero-order valence-electron chi connectivity index (χ0n) is 16.3. The quantitative estimate of drug-likeness (QED) is 0.681. The van der Waals surface area contributed by atoms with Crippen LogP contribution in [0.5, 0.6) is 5.75 Å². The number of benzene rings is 2. The minimum Gasteiger partial charge on any atom is -0.494 e. The number of aryl methyl sites for hydroxylation is 1. The van der Waals surface area contributed by atoms with Gasteiger partial charge in [0.25, 0.3) is 0 Å². The molecule has 0 radical (unpaired) electrons. The van der Waals surface area contributed by atoms with Crippen LogP contribution in [0.3, 0.4) is 0 Å². The number of carbonyl (C=O) groups is 1. The smallest absolute Gasteiger partial charge is 0.159 e. The lowest BCUT2D eigenvalue weighted by Gasteiger charge is -2.37. The SMILES string of the molecule is CCOc1ccc(C(C)=O)cc1CN1CCN(c2cc(Cl)ccc2C)CC1. The number of hydrogen-bond acceptors (Lipinski definition) is 4. The van der Waals surface area contributed by atoms with Gasteiger partial charge in [0.2, 0.25) is 0 Å². The molecule has 0 N–H and O–H groups in total. The fourth-order valence-corrected chi connectivity index (χ4v) is 3.70. The minimum absolute atomic E-state index is 0.0838. The summed E-state index contributed by atoms with van der Waals surface area (Å²) in [6, 6.07) is 11.8. The second kappa shape index (κ2) is 8.77. The van der Waals surface area contributed by atoms with E-state index < -0.39 is 0 Å². The van der Waals surface area contributed by atoms with Gasteiger partial charge in [-0.15, -0.1) is 0 Å². The van der Waals surface area contributed by atoms with Gasteiger partial charge in [-0.3, -0.25) is 9.69 Å². The van der Waals surface area contributed by atoms with Crippen LogP contribution in [0.1, 0.15) is 35.3 Å². The molecule has 0 aliphatic carbocycles. The van der Waals surface area contributed by atoms with E-state index in [0.29, 0.717) is 6.61 Å². The molecule has 144 valence electrons. The number of hydrogen-bond donors (Lipinski definition) is 0. The van der Waals surface area contributed by atoms with Gasteiger partial charge in [0.1, 0.15) is 5.75 Å². The molecule has 0 saturated carbocycles. The predicted molar refractivity (Wildman–Crippen MR) is 111 cm³/mol. The normalized spacial score (nSPS) is 15.0. The Bertz CT molecular complexity index is 814. The molecule has 1 fully saturated rings. The van der Waals surface area contributed by atoms with Crippen molar-refractivity contribution in [2.75, 3.05) is 37.7 Å². The Morgan fingerprint density at radius 2 is 1.85 bits per heavy atom. The molecule has 1 saturated heterocycles. The highest BCUT2D eigenvalue weighted by Crippen LogP contribution is 2.27. The molecule has 27 heavy (non-hydrogen) atoms. The van der Waals surface area contributed by atoms with Gasteiger partial charge in [-0.25, -0.2) is 0 Å². The molecule has 1 heterocycles. The van der Waals surface area contributed by atoms with Gasteiger partial charge < -0.3 is 9.64 Å². The number of nitrogens with zero attached hydrogens (tertiary/aromatic N) is 2. The summed E-state index contributed by atoms with van der Waals surface area (Å²) in [6.07, 6.45) is 0. The van der Waals surface area contributed by atoms with E-state index in [1.807, 2.05) is 31.2 Å². The topological polar surface area (TPSA) is 32.8 Å². The van der Waals surface area contributed by atoms with Crippen molar-refractivity contribution in [3.8, 4) is 5.75 Å². The van der Waals surface area contributed by atoms with Gasteiger partial charge >= 0.3 is 0 Å². The van der Waals surface area contributed by atoms with Crippen molar-refractivity contribution in [3.05, 3.63) is 58.1 Å². The summed E-state index contributed by atoms with van der Waals surface area (Å²) < 4.78 is 5.77. The highest BCUT2D eigenvalue weighted by molar-refractivity contribution is 6.30. The van der Waals surface area contributed by atoms with Crippen LogP contribution >= 0.6 is 11.6 Å². The van der Waals surface area contributed by atoms with Crippen LogP contribution in [-0.4, -0.2) is 43.5 Å². The van der Waals surface area contributed by atoms with Crippen molar-refractivity contribution in [1.82, 2.24) is 4.90 Å². The Morgan fingerprint density at radius 1 is 1.11 bits per heavy atom. The number of carbonyl (C=O) groups excluding carboxylic acids is 1. The summed E-state index contributed by atoms with van der Waals surface area (Å²) in [5, 5.41) is 0.778. The Kier molecular flexibility index (Phi) is 6.40. The molecule has 0 unspecified atom stereocenters. The molecule has 0 atom stereocenters. The monoisotopic (exact) mass is 386 g/mol. The molecular weight excluding hydrogens is 360 g/mol. The van der Waals surface area contributed by atoms with Crippen LogP contribution in [0.4, 0.5) is 5.69 Å². The summed E-state index contributed by atoms with van der Waals surface area (Å²) in [6.45, 7) is 11.0. The third kappa shape index (κ3) is 4.82. The van der Waals surface area contributed by atoms with Crippen LogP contribution in [0.25, 0.3) is 0 Å². The van der Waals surface area contributed by atoms with Crippen LogP contribution < -0.4 is 9.64 Å². The van der Waals surface area contributed by atoms with E-state index in [9.17, 15) is 4.79 Å². The van der Waals surface area contributed by atoms with Gasteiger partial charge in [0.15, 0.2) is 5.78 Å². The third-order valence-corrected chi connectivity index (χ3v) is 5.28. The summed E-state index contributed by atoms with van der Waals surface area (Å²) >= 11 is 6.18. The Labute approximate surface area is 166 Å². The highest BCUT2D eigenvalue weighted by atomic mass is 35.5. The van der Waals surface area contributed by atoms with E-state index >= 15 is 0 Å². The van der Waals surface area contributed by atoms with E-state index in [0.717, 1.165) is 54.6 Å². The lowest BCUT2D eigenvalue weighted by molar-refractivity contribution is 0.101. The number of halogens is 1. The average Bonchev–Trinajstić information content (AvgIpc) is 2.66. The first-order chi connectivity index (χ1) is 13.0. The lowest BCUT2D eigenvalue weighted by atomic mass is 10.1. The number of ether oxygens (including phenoxy) is 1. The van der Waals surface area contributed by atoms with E-state index in [2.05, 4.69) is 28.9 Å². The molecule has 0 aromatic heterocycles. The van der Waals surface area contributed by atoms with Crippen molar-refractivity contribution in [1.29, 1.82) is 0 Å². The van der Waals surface area contributed by atoms with E-state index in [4.69, 9.17) is 16.3 Å². The zero-order chi connectivity index (χ0) is 19.4. The van der Waals surface area contributed by atoms with Crippen molar-refractivity contribution < 1.29 is 9.53 Å². The summed E-state index contributed by atoms with van der Waals surface area (Å²) in [7, 11) is 0. The molecule has 5 heteroatoms. The summed E-state index contributed by atoms with van der Waals surface area (Å²) in [5.41, 5.74) is 4.29. The molecule has 1 aliphatic heterocycles. The van der Waals surface area contributed by atoms with Gasteiger partial charge in [-0.2, -0.15) is 0 Å².